The second kappa shape index (κ2) is 8.19. The standard InChI is InChI=1S/C20H21ClN2O2/c1-14(15-6-3-2-4-7-15)25-11-5-10-22-20(24)19-13-16-12-17(21)8-9-18(16)23-19/h2-4,6-9,12-14,23H,5,10-11H2,1H3,(H,22,24). The van der Waals surface area contributed by atoms with E-state index in [9.17, 15) is 4.79 Å². The van der Waals surface area contributed by atoms with E-state index in [0.717, 1.165) is 22.9 Å². The highest BCUT2D eigenvalue weighted by Gasteiger charge is 2.09. The maximum absolute atomic E-state index is 12.2. The Morgan fingerprint density at radius 1 is 1.20 bits per heavy atom. The van der Waals surface area contributed by atoms with Crippen molar-refractivity contribution in [3.8, 4) is 0 Å². The molecule has 5 heteroatoms. The van der Waals surface area contributed by atoms with Gasteiger partial charge in [-0.05, 0) is 43.2 Å². The summed E-state index contributed by atoms with van der Waals surface area (Å²) >= 11 is 5.97. The summed E-state index contributed by atoms with van der Waals surface area (Å²) in [6.07, 6.45) is 0.810. The van der Waals surface area contributed by atoms with Crippen LogP contribution in [0.3, 0.4) is 0 Å². The van der Waals surface area contributed by atoms with Gasteiger partial charge < -0.3 is 15.0 Å². The second-order valence-corrected chi connectivity index (χ2v) is 6.38. The van der Waals surface area contributed by atoms with Gasteiger partial charge in [0.2, 0.25) is 0 Å². The lowest BCUT2D eigenvalue weighted by Crippen LogP contribution is -2.25. The molecule has 1 aromatic heterocycles. The van der Waals surface area contributed by atoms with Gasteiger partial charge in [-0.15, -0.1) is 0 Å². The summed E-state index contributed by atoms with van der Waals surface area (Å²) in [4.78, 5) is 15.3. The van der Waals surface area contributed by atoms with Crippen LogP contribution in [-0.4, -0.2) is 24.0 Å². The molecule has 130 valence electrons. The third-order valence-corrected chi connectivity index (χ3v) is 4.31. The molecule has 0 fully saturated rings. The maximum atomic E-state index is 12.2. The summed E-state index contributed by atoms with van der Waals surface area (Å²) in [5.41, 5.74) is 2.59. The Balaban J connectivity index is 1.43. The van der Waals surface area contributed by atoms with Gasteiger partial charge in [0.25, 0.3) is 5.91 Å². The topological polar surface area (TPSA) is 54.1 Å². The molecule has 2 N–H and O–H groups in total. The van der Waals surface area contributed by atoms with E-state index in [1.807, 2.05) is 43.3 Å². The molecule has 1 unspecified atom stereocenters. The molecule has 1 amide bonds. The van der Waals surface area contributed by atoms with Crippen molar-refractivity contribution in [2.75, 3.05) is 13.2 Å². The predicted molar refractivity (Wildman–Crippen MR) is 101 cm³/mol. The first-order chi connectivity index (χ1) is 12.1. The molecular weight excluding hydrogens is 336 g/mol. The summed E-state index contributed by atoms with van der Waals surface area (Å²) in [6.45, 7) is 3.19. The SMILES string of the molecule is CC(OCCCNC(=O)c1cc2cc(Cl)ccc2[nH]1)c1ccccc1. The van der Waals surface area contributed by atoms with Crippen molar-refractivity contribution in [2.24, 2.45) is 0 Å². The van der Waals surface area contributed by atoms with Crippen molar-refractivity contribution in [3.63, 3.8) is 0 Å². The average Bonchev–Trinajstić information content (AvgIpc) is 3.05. The lowest BCUT2D eigenvalue weighted by Gasteiger charge is -2.13. The van der Waals surface area contributed by atoms with Crippen LogP contribution < -0.4 is 5.32 Å². The molecule has 25 heavy (non-hydrogen) atoms. The first-order valence-corrected chi connectivity index (χ1v) is 8.74. The summed E-state index contributed by atoms with van der Waals surface area (Å²) in [5, 5.41) is 4.49. The molecule has 1 heterocycles. The third-order valence-electron chi connectivity index (χ3n) is 4.07. The van der Waals surface area contributed by atoms with Crippen molar-refractivity contribution < 1.29 is 9.53 Å². The number of fused-ring (bicyclic) bond motifs is 1. The number of hydrogen-bond acceptors (Lipinski definition) is 2. The van der Waals surface area contributed by atoms with Crippen LogP contribution in [0.2, 0.25) is 5.02 Å². The van der Waals surface area contributed by atoms with Crippen LogP contribution in [-0.2, 0) is 4.74 Å². The summed E-state index contributed by atoms with van der Waals surface area (Å²) in [7, 11) is 0. The van der Waals surface area contributed by atoms with Crippen molar-refractivity contribution in [1.82, 2.24) is 10.3 Å². The normalized spacial score (nSPS) is 12.2. The largest absolute Gasteiger partial charge is 0.374 e. The molecule has 3 aromatic rings. The molecule has 3 rings (SSSR count). The Morgan fingerprint density at radius 3 is 2.80 bits per heavy atom. The molecule has 4 nitrogen and oxygen atoms in total. The van der Waals surface area contributed by atoms with Gasteiger partial charge in [-0.3, -0.25) is 4.79 Å². The minimum absolute atomic E-state index is 0.0513. The van der Waals surface area contributed by atoms with Crippen LogP contribution in [0.15, 0.2) is 54.6 Å². The van der Waals surface area contributed by atoms with E-state index >= 15 is 0 Å². The highest BCUT2D eigenvalue weighted by atomic mass is 35.5. The smallest absolute Gasteiger partial charge is 0.267 e. The number of rotatable bonds is 7. The number of carbonyl (C=O) groups excluding carboxylic acids is 1. The zero-order chi connectivity index (χ0) is 17.6. The van der Waals surface area contributed by atoms with E-state index in [1.54, 1.807) is 6.07 Å². The fraction of sp³-hybridized carbons (Fsp3) is 0.250. The highest BCUT2D eigenvalue weighted by Crippen LogP contribution is 2.20. The van der Waals surface area contributed by atoms with Crippen LogP contribution in [0.1, 0.15) is 35.5 Å². The van der Waals surface area contributed by atoms with Crippen LogP contribution >= 0.6 is 11.6 Å². The number of carbonyl (C=O) groups is 1. The molecular formula is C20H21ClN2O2. The Bertz CT molecular complexity index is 845. The molecule has 0 radical (unpaired) electrons. The lowest BCUT2D eigenvalue weighted by molar-refractivity contribution is 0.0634. The van der Waals surface area contributed by atoms with Crippen LogP contribution in [0, 0.1) is 0 Å². The maximum Gasteiger partial charge on any atom is 0.267 e. The van der Waals surface area contributed by atoms with Gasteiger partial charge in [-0.2, -0.15) is 0 Å². The number of amides is 1. The van der Waals surface area contributed by atoms with Crippen molar-refractivity contribution in [1.29, 1.82) is 0 Å². The predicted octanol–water partition coefficient (Wildman–Crippen LogP) is 4.72. The quantitative estimate of drug-likeness (QED) is 0.602. The Morgan fingerprint density at radius 2 is 2.00 bits per heavy atom. The van der Waals surface area contributed by atoms with Crippen molar-refractivity contribution in [3.05, 3.63) is 70.9 Å². The monoisotopic (exact) mass is 356 g/mol. The molecule has 1 atom stereocenters. The first-order valence-electron chi connectivity index (χ1n) is 8.36. The molecule has 0 bridgehead atoms. The molecule has 0 spiro atoms. The average molecular weight is 357 g/mol. The van der Waals surface area contributed by atoms with Gasteiger partial charge >= 0.3 is 0 Å². The van der Waals surface area contributed by atoms with E-state index in [0.29, 0.717) is 23.9 Å². The number of hydrogen-bond donors (Lipinski definition) is 2. The minimum atomic E-state index is -0.122. The number of H-pyrrole nitrogens is 1. The third kappa shape index (κ3) is 4.62. The van der Waals surface area contributed by atoms with Gasteiger partial charge in [0, 0.05) is 29.1 Å². The van der Waals surface area contributed by atoms with E-state index in [-0.39, 0.29) is 12.0 Å². The van der Waals surface area contributed by atoms with E-state index in [1.165, 1.54) is 0 Å². The molecule has 0 saturated carbocycles. The fourth-order valence-electron chi connectivity index (χ4n) is 2.68. The molecule has 0 aliphatic carbocycles. The number of benzene rings is 2. The molecule has 2 aromatic carbocycles. The molecule has 0 aliphatic heterocycles. The number of aromatic amines is 1. The minimum Gasteiger partial charge on any atom is -0.374 e. The summed E-state index contributed by atoms with van der Waals surface area (Å²) < 4.78 is 5.80. The number of nitrogens with one attached hydrogen (secondary N) is 2. The first kappa shape index (κ1) is 17.5. The zero-order valence-corrected chi connectivity index (χ0v) is 14.8. The van der Waals surface area contributed by atoms with Gasteiger partial charge in [0.15, 0.2) is 0 Å². The van der Waals surface area contributed by atoms with Gasteiger partial charge in [-0.1, -0.05) is 41.9 Å². The van der Waals surface area contributed by atoms with E-state index < -0.39 is 0 Å². The number of aromatic nitrogens is 1. The summed E-state index contributed by atoms with van der Waals surface area (Å²) in [5.74, 6) is -0.122. The Kier molecular flexibility index (Phi) is 5.74. The van der Waals surface area contributed by atoms with Crippen LogP contribution in [0.25, 0.3) is 10.9 Å². The van der Waals surface area contributed by atoms with Crippen LogP contribution in [0.4, 0.5) is 0 Å². The van der Waals surface area contributed by atoms with E-state index in [2.05, 4.69) is 22.4 Å². The summed E-state index contributed by atoms with van der Waals surface area (Å²) in [6, 6.07) is 17.4. The van der Waals surface area contributed by atoms with E-state index in [4.69, 9.17) is 16.3 Å². The Labute approximate surface area is 152 Å². The van der Waals surface area contributed by atoms with Gasteiger partial charge in [0.05, 0.1) is 6.10 Å². The van der Waals surface area contributed by atoms with Gasteiger partial charge in [0.1, 0.15) is 5.69 Å². The lowest BCUT2D eigenvalue weighted by atomic mass is 10.1. The Hall–Kier alpha value is -2.30. The molecule has 0 saturated heterocycles. The highest BCUT2D eigenvalue weighted by molar-refractivity contribution is 6.31. The van der Waals surface area contributed by atoms with Crippen LogP contribution in [0.5, 0.6) is 0 Å². The number of ether oxygens (including phenoxy) is 1. The zero-order valence-electron chi connectivity index (χ0n) is 14.1. The number of halogens is 1. The van der Waals surface area contributed by atoms with Crippen molar-refractivity contribution >= 4 is 28.4 Å². The molecule has 0 aliphatic rings. The fourth-order valence-corrected chi connectivity index (χ4v) is 2.86. The second-order valence-electron chi connectivity index (χ2n) is 5.95. The van der Waals surface area contributed by atoms with Gasteiger partial charge in [-0.25, -0.2) is 0 Å². The van der Waals surface area contributed by atoms with Crippen molar-refractivity contribution in [2.45, 2.75) is 19.4 Å².